The molecule has 0 unspecified atom stereocenters. The van der Waals surface area contributed by atoms with Crippen molar-refractivity contribution in [3.05, 3.63) is 34.9 Å². The average molecular weight is 351 g/mol. The van der Waals surface area contributed by atoms with E-state index in [1.54, 1.807) is 6.92 Å². The number of nitrogens with one attached hydrogen (secondary N) is 1. The molecule has 0 spiro atoms. The summed E-state index contributed by atoms with van der Waals surface area (Å²) in [5, 5.41) is 19.7. The van der Waals surface area contributed by atoms with E-state index in [2.05, 4.69) is 38.2 Å². The summed E-state index contributed by atoms with van der Waals surface area (Å²) < 4.78 is 0. The monoisotopic (exact) mass is 351 g/mol. The second kappa shape index (κ2) is 12.1. The van der Waals surface area contributed by atoms with Crippen molar-refractivity contribution >= 4 is 17.8 Å². The predicted molar refractivity (Wildman–Crippen MR) is 97.2 cm³/mol. The molecule has 0 aliphatic rings. The van der Waals surface area contributed by atoms with Gasteiger partial charge in [-0.15, -0.1) is 0 Å². The van der Waals surface area contributed by atoms with Crippen LogP contribution < -0.4 is 5.32 Å². The number of rotatable bonds is 11. The third-order valence-corrected chi connectivity index (χ3v) is 3.49. The Morgan fingerprint density at radius 1 is 0.920 bits per heavy atom. The summed E-state index contributed by atoms with van der Waals surface area (Å²) in [6, 6.07) is -1.42. The van der Waals surface area contributed by atoms with E-state index in [1.807, 2.05) is 0 Å². The van der Waals surface area contributed by atoms with Crippen LogP contribution in [0.25, 0.3) is 0 Å². The van der Waals surface area contributed by atoms with E-state index in [4.69, 9.17) is 10.2 Å². The first-order valence-corrected chi connectivity index (χ1v) is 8.33. The lowest BCUT2D eigenvalue weighted by Crippen LogP contribution is -2.41. The molecule has 0 fully saturated rings. The average Bonchev–Trinajstić information content (AvgIpc) is 2.45. The largest absolute Gasteiger partial charge is 0.481 e. The maximum atomic E-state index is 11.8. The molecule has 3 N–H and O–H groups in total. The molecule has 25 heavy (non-hydrogen) atoms. The van der Waals surface area contributed by atoms with Gasteiger partial charge >= 0.3 is 11.9 Å². The highest BCUT2D eigenvalue weighted by molar-refractivity contribution is 5.92. The number of carboxylic acid groups (broad SMARTS) is 2. The van der Waals surface area contributed by atoms with Gasteiger partial charge in [0.2, 0.25) is 5.91 Å². The molecule has 0 saturated carbocycles. The Balaban J connectivity index is 4.42. The lowest BCUT2D eigenvalue weighted by molar-refractivity contribution is -0.146. The number of hydrogen-bond donors (Lipinski definition) is 3. The van der Waals surface area contributed by atoms with E-state index in [0.29, 0.717) is 6.42 Å². The third-order valence-electron chi connectivity index (χ3n) is 3.49. The van der Waals surface area contributed by atoms with Gasteiger partial charge in [-0.3, -0.25) is 9.59 Å². The van der Waals surface area contributed by atoms with Gasteiger partial charge in [0.25, 0.3) is 0 Å². The van der Waals surface area contributed by atoms with Crippen molar-refractivity contribution in [1.29, 1.82) is 0 Å². The Morgan fingerprint density at radius 3 is 2.00 bits per heavy atom. The summed E-state index contributed by atoms with van der Waals surface area (Å²) in [7, 11) is 0. The molecule has 0 radical (unpaired) electrons. The summed E-state index contributed by atoms with van der Waals surface area (Å²) in [6.45, 7) is 8.01. The van der Waals surface area contributed by atoms with E-state index < -0.39 is 30.3 Å². The SMILES string of the molecule is CC(C)=CCC/C(C)=C/CC/C(C)=C/C(=O)N[C@@H](CC(=O)O)C(=O)O. The molecule has 0 heterocycles. The van der Waals surface area contributed by atoms with Crippen molar-refractivity contribution in [1.82, 2.24) is 5.32 Å². The van der Waals surface area contributed by atoms with Gasteiger partial charge in [0, 0.05) is 6.08 Å². The molecule has 0 saturated heterocycles. The van der Waals surface area contributed by atoms with Crippen molar-refractivity contribution in [3.8, 4) is 0 Å². The van der Waals surface area contributed by atoms with Crippen LogP contribution in [0.4, 0.5) is 0 Å². The lowest BCUT2D eigenvalue weighted by Gasteiger charge is -2.11. The van der Waals surface area contributed by atoms with Gasteiger partial charge in [-0.1, -0.05) is 28.9 Å². The number of carbonyl (C=O) groups excluding carboxylic acids is 1. The van der Waals surface area contributed by atoms with Crippen LogP contribution in [0.5, 0.6) is 0 Å². The molecule has 6 nitrogen and oxygen atoms in total. The topological polar surface area (TPSA) is 104 Å². The summed E-state index contributed by atoms with van der Waals surface area (Å²) >= 11 is 0. The summed E-state index contributed by atoms with van der Waals surface area (Å²) in [4.78, 5) is 33.3. The fraction of sp³-hybridized carbons (Fsp3) is 0.526. The number of aliphatic carboxylic acids is 2. The van der Waals surface area contributed by atoms with Gasteiger partial charge in [-0.25, -0.2) is 4.79 Å². The second-order valence-electron chi connectivity index (χ2n) is 6.40. The molecule has 1 amide bonds. The van der Waals surface area contributed by atoms with E-state index in [0.717, 1.165) is 24.8 Å². The van der Waals surface area contributed by atoms with Crippen molar-refractivity contribution < 1.29 is 24.6 Å². The Labute approximate surface area is 149 Å². The molecule has 0 bridgehead atoms. The van der Waals surface area contributed by atoms with Gasteiger partial charge in [0.05, 0.1) is 6.42 Å². The van der Waals surface area contributed by atoms with E-state index in [1.165, 1.54) is 17.2 Å². The smallest absolute Gasteiger partial charge is 0.326 e. The van der Waals surface area contributed by atoms with E-state index in [9.17, 15) is 14.4 Å². The molecule has 6 heteroatoms. The maximum Gasteiger partial charge on any atom is 0.326 e. The first-order chi connectivity index (χ1) is 11.6. The van der Waals surface area contributed by atoms with Crippen molar-refractivity contribution in [2.24, 2.45) is 0 Å². The molecule has 0 aromatic carbocycles. The third kappa shape index (κ3) is 12.7. The minimum atomic E-state index is -1.42. The Bertz CT molecular complexity index is 568. The van der Waals surface area contributed by atoms with Gasteiger partial charge in [-0.2, -0.15) is 0 Å². The first kappa shape index (κ1) is 22.6. The number of allylic oxidation sites excluding steroid dienone is 5. The van der Waals surface area contributed by atoms with Crippen molar-refractivity contribution in [3.63, 3.8) is 0 Å². The standard InChI is InChI=1S/C19H29NO5/c1-13(2)7-5-8-14(3)9-6-10-15(4)11-17(21)20-16(19(24)25)12-18(22)23/h7,9,11,16H,5-6,8,10,12H2,1-4H3,(H,20,21)(H,22,23)(H,24,25)/b14-9+,15-11+/t16-/m0/s1. The number of hydrogen-bond acceptors (Lipinski definition) is 3. The summed E-state index contributed by atoms with van der Waals surface area (Å²) in [5.74, 6) is -3.23. The zero-order chi connectivity index (χ0) is 19.4. The summed E-state index contributed by atoms with van der Waals surface area (Å²) in [6.07, 6.45) is 8.51. The highest BCUT2D eigenvalue weighted by Crippen LogP contribution is 2.11. The van der Waals surface area contributed by atoms with E-state index >= 15 is 0 Å². The number of carbonyl (C=O) groups is 3. The van der Waals surface area contributed by atoms with Gasteiger partial charge in [0.15, 0.2) is 0 Å². The zero-order valence-corrected chi connectivity index (χ0v) is 15.5. The predicted octanol–water partition coefficient (Wildman–Crippen LogP) is 3.45. The summed E-state index contributed by atoms with van der Waals surface area (Å²) in [5.41, 5.74) is 3.41. The minimum absolute atomic E-state index is 0.588. The molecular formula is C19H29NO5. The van der Waals surface area contributed by atoms with Crippen LogP contribution in [0, 0.1) is 0 Å². The molecule has 0 aliphatic heterocycles. The van der Waals surface area contributed by atoms with Crippen LogP contribution in [0.2, 0.25) is 0 Å². The van der Waals surface area contributed by atoms with Crippen LogP contribution >= 0.6 is 0 Å². The molecule has 0 aromatic rings. The highest BCUT2D eigenvalue weighted by atomic mass is 16.4. The Hall–Kier alpha value is -2.37. The van der Waals surface area contributed by atoms with Crippen LogP contribution in [-0.2, 0) is 14.4 Å². The van der Waals surface area contributed by atoms with Gasteiger partial charge in [0.1, 0.15) is 6.04 Å². The molecule has 0 aliphatic carbocycles. The fourth-order valence-electron chi connectivity index (χ4n) is 2.12. The van der Waals surface area contributed by atoms with Crippen LogP contribution in [0.15, 0.2) is 34.9 Å². The minimum Gasteiger partial charge on any atom is -0.481 e. The fourth-order valence-corrected chi connectivity index (χ4v) is 2.12. The number of carboxylic acids is 2. The zero-order valence-electron chi connectivity index (χ0n) is 15.5. The van der Waals surface area contributed by atoms with Crippen molar-refractivity contribution in [2.75, 3.05) is 0 Å². The first-order valence-electron chi connectivity index (χ1n) is 8.33. The van der Waals surface area contributed by atoms with Crippen molar-refractivity contribution in [2.45, 2.75) is 65.8 Å². The maximum absolute atomic E-state index is 11.8. The van der Waals surface area contributed by atoms with Crippen LogP contribution in [-0.4, -0.2) is 34.1 Å². The van der Waals surface area contributed by atoms with Gasteiger partial charge < -0.3 is 15.5 Å². The normalized spacial score (nSPS) is 13.1. The second-order valence-corrected chi connectivity index (χ2v) is 6.40. The van der Waals surface area contributed by atoms with Gasteiger partial charge in [-0.05, 0) is 53.4 Å². The Morgan fingerprint density at radius 2 is 1.48 bits per heavy atom. The van der Waals surface area contributed by atoms with Crippen LogP contribution in [0.1, 0.15) is 59.8 Å². The number of amides is 1. The van der Waals surface area contributed by atoms with E-state index in [-0.39, 0.29) is 0 Å². The Kier molecular flexibility index (Phi) is 10.9. The van der Waals surface area contributed by atoms with Crippen LogP contribution in [0.3, 0.4) is 0 Å². The molecule has 1 atom stereocenters. The molecule has 0 rings (SSSR count). The molecular weight excluding hydrogens is 322 g/mol. The highest BCUT2D eigenvalue weighted by Gasteiger charge is 2.22. The quantitative estimate of drug-likeness (QED) is 0.391. The lowest BCUT2D eigenvalue weighted by atomic mass is 10.1. The molecule has 140 valence electrons. The molecule has 0 aromatic heterocycles.